The summed E-state index contributed by atoms with van der Waals surface area (Å²) in [4.78, 5) is 59.8. The molecule has 0 N–H and O–H groups in total. The van der Waals surface area contributed by atoms with Crippen LogP contribution in [0.2, 0.25) is 0 Å². The second-order valence-electron chi connectivity index (χ2n) is 11.2. The van der Waals surface area contributed by atoms with E-state index in [-0.39, 0.29) is 42.0 Å². The van der Waals surface area contributed by atoms with Crippen molar-refractivity contribution in [2.45, 2.75) is 51.1 Å². The molecular weight excluding hydrogens is 454 g/mol. The van der Waals surface area contributed by atoms with Crippen LogP contribution in [0, 0.1) is 11.8 Å². The van der Waals surface area contributed by atoms with Crippen molar-refractivity contribution >= 4 is 23.6 Å². The lowest BCUT2D eigenvalue weighted by atomic mass is 9.75. The lowest BCUT2D eigenvalue weighted by Crippen LogP contribution is -2.70. The standard InChI is InChI=1S/C29H33N3O4/c1-6-31-17-21-22-23(26(35)30(5)25(22)34)29(27(31)36,16-18-10-8-7-9-11-18)32(21)24(33)19-12-14-20(15-13-19)28(2,3)4/h7-15,21-23H,6,16-17H2,1-5H3/t21?,22?,23?,29-/m1/s1. The normalized spacial score (nSPS) is 27.6. The van der Waals surface area contributed by atoms with Crippen LogP contribution in [-0.4, -0.2) is 70.0 Å². The fraction of sp³-hybridized carbons (Fsp3) is 0.448. The molecule has 188 valence electrons. The number of fused-ring (bicyclic) bond motifs is 5. The van der Waals surface area contributed by atoms with Gasteiger partial charge in [0.1, 0.15) is 5.54 Å². The number of likely N-dealkylation sites (tertiary alicyclic amines) is 2. The average molecular weight is 488 g/mol. The summed E-state index contributed by atoms with van der Waals surface area (Å²) in [5, 5.41) is 0. The molecule has 3 aliphatic heterocycles. The molecule has 0 aliphatic carbocycles. The Morgan fingerprint density at radius 3 is 2.19 bits per heavy atom. The molecule has 0 saturated carbocycles. The van der Waals surface area contributed by atoms with Gasteiger partial charge in [0.25, 0.3) is 5.91 Å². The van der Waals surface area contributed by atoms with Crippen LogP contribution in [0.15, 0.2) is 54.6 Å². The van der Waals surface area contributed by atoms with Gasteiger partial charge in [-0.05, 0) is 35.6 Å². The molecule has 3 unspecified atom stereocenters. The summed E-state index contributed by atoms with van der Waals surface area (Å²) in [5.41, 5.74) is 0.868. The summed E-state index contributed by atoms with van der Waals surface area (Å²) >= 11 is 0. The van der Waals surface area contributed by atoms with E-state index in [1.165, 1.54) is 7.05 Å². The quantitative estimate of drug-likeness (QED) is 0.622. The second kappa shape index (κ2) is 8.29. The molecule has 0 aromatic heterocycles. The molecule has 3 heterocycles. The molecule has 3 saturated heterocycles. The van der Waals surface area contributed by atoms with Gasteiger partial charge in [-0.3, -0.25) is 24.1 Å². The number of piperazine rings is 1. The van der Waals surface area contributed by atoms with E-state index in [0.717, 1.165) is 16.0 Å². The van der Waals surface area contributed by atoms with E-state index in [0.29, 0.717) is 12.1 Å². The maximum atomic E-state index is 14.2. The van der Waals surface area contributed by atoms with Gasteiger partial charge in [0, 0.05) is 32.1 Å². The Morgan fingerprint density at radius 1 is 0.972 bits per heavy atom. The van der Waals surface area contributed by atoms with Gasteiger partial charge in [0.05, 0.1) is 17.9 Å². The van der Waals surface area contributed by atoms with Crippen molar-refractivity contribution in [3.63, 3.8) is 0 Å². The molecule has 4 atom stereocenters. The summed E-state index contributed by atoms with van der Waals surface area (Å²) in [5.74, 6) is -2.88. The fourth-order valence-electron chi connectivity index (χ4n) is 6.38. The lowest BCUT2D eigenvalue weighted by Gasteiger charge is -2.49. The Labute approximate surface area is 212 Å². The van der Waals surface area contributed by atoms with Crippen LogP contribution in [0.25, 0.3) is 0 Å². The average Bonchev–Trinajstić information content (AvgIpc) is 3.23. The van der Waals surface area contributed by atoms with E-state index in [1.54, 1.807) is 21.9 Å². The number of nitrogens with zero attached hydrogens (tertiary/aromatic N) is 3. The minimum absolute atomic E-state index is 0.0711. The number of hydrogen-bond donors (Lipinski definition) is 0. The van der Waals surface area contributed by atoms with Gasteiger partial charge < -0.3 is 9.80 Å². The van der Waals surface area contributed by atoms with Crippen LogP contribution in [0.3, 0.4) is 0 Å². The number of likely N-dealkylation sites (N-methyl/N-ethyl adjacent to an activating group) is 1. The van der Waals surface area contributed by atoms with Crippen LogP contribution in [0.5, 0.6) is 0 Å². The first-order valence-corrected chi connectivity index (χ1v) is 12.6. The highest BCUT2D eigenvalue weighted by Gasteiger charge is 2.74. The van der Waals surface area contributed by atoms with Crippen molar-refractivity contribution < 1.29 is 19.2 Å². The van der Waals surface area contributed by atoms with Crippen LogP contribution in [0.1, 0.15) is 49.2 Å². The summed E-state index contributed by atoms with van der Waals surface area (Å²) in [6, 6.07) is 16.4. The first-order valence-electron chi connectivity index (χ1n) is 12.6. The SMILES string of the molecule is CCN1CC2C3C(=O)N(C)C(=O)C3[C@](Cc3ccccc3)(C1=O)N2C(=O)c1ccc(C(C)(C)C)cc1. The van der Waals surface area contributed by atoms with Gasteiger partial charge in [-0.2, -0.15) is 0 Å². The number of imide groups is 1. The van der Waals surface area contributed by atoms with Gasteiger partial charge in [0.15, 0.2) is 0 Å². The van der Waals surface area contributed by atoms with Crippen LogP contribution in [-0.2, 0) is 26.2 Å². The van der Waals surface area contributed by atoms with Gasteiger partial charge in [-0.1, -0.05) is 63.2 Å². The number of hydrogen-bond acceptors (Lipinski definition) is 4. The third-order valence-electron chi connectivity index (χ3n) is 8.24. The van der Waals surface area contributed by atoms with E-state index >= 15 is 0 Å². The largest absolute Gasteiger partial charge is 0.339 e. The Hall–Kier alpha value is -3.48. The maximum Gasteiger partial charge on any atom is 0.255 e. The highest BCUT2D eigenvalue weighted by Crippen LogP contribution is 2.54. The topological polar surface area (TPSA) is 78.0 Å². The highest BCUT2D eigenvalue weighted by molar-refractivity contribution is 6.13. The number of rotatable bonds is 4. The maximum absolute atomic E-state index is 14.2. The Bertz CT molecular complexity index is 1230. The fourth-order valence-corrected chi connectivity index (χ4v) is 6.38. The molecule has 0 spiro atoms. The summed E-state index contributed by atoms with van der Waals surface area (Å²) in [6.07, 6.45) is 0.180. The van der Waals surface area contributed by atoms with E-state index < -0.39 is 23.4 Å². The molecule has 5 rings (SSSR count). The van der Waals surface area contributed by atoms with Crippen molar-refractivity contribution in [3.8, 4) is 0 Å². The van der Waals surface area contributed by atoms with Crippen molar-refractivity contribution in [2.75, 3.05) is 20.1 Å². The zero-order valence-electron chi connectivity index (χ0n) is 21.5. The number of benzene rings is 2. The monoisotopic (exact) mass is 487 g/mol. The number of carbonyl (C=O) groups is 4. The second-order valence-corrected chi connectivity index (χ2v) is 11.2. The van der Waals surface area contributed by atoms with E-state index in [4.69, 9.17) is 0 Å². The number of amides is 4. The lowest BCUT2D eigenvalue weighted by molar-refractivity contribution is -0.155. The summed E-state index contributed by atoms with van der Waals surface area (Å²) in [7, 11) is 1.48. The predicted molar refractivity (Wildman–Crippen MR) is 135 cm³/mol. The minimum atomic E-state index is -1.46. The molecular formula is C29H33N3O4. The molecule has 2 bridgehead atoms. The molecule has 2 aromatic rings. The first kappa shape index (κ1) is 24.2. The van der Waals surface area contributed by atoms with E-state index in [2.05, 4.69) is 20.8 Å². The molecule has 3 aliphatic rings. The summed E-state index contributed by atoms with van der Waals surface area (Å²) in [6.45, 7) is 8.91. The van der Waals surface area contributed by atoms with Gasteiger partial charge >= 0.3 is 0 Å². The molecule has 4 amide bonds. The Balaban J connectivity index is 1.68. The third kappa shape index (κ3) is 3.32. The van der Waals surface area contributed by atoms with Crippen LogP contribution in [0.4, 0.5) is 0 Å². The zero-order chi connectivity index (χ0) is 26.0. The molecule has 7 heteroatoms. The van der Waals surface area contributed by atoms with Crippen molar-refractivity contribution in [1.29, 1.82) is 0 Å². The van der Waals surface area contributed by atoms with Crippen molar-refractivity contribution in [1.82, 2.24) is 14.7 Å². The van der Waals surface area contributed by atoms with Gasteiger partial charge in [0.2, 0.25) is 17.7 Å². The highest BCUT2D eigenvalue weighted by atomic mass is 16.2. The predicted octanol–water partition coefficient (Wildman–Crippen LogP) is 2.88. The molecule has 2 aromatic carbocycles. The smallest absolute Gasteiger partial charge is 0.255 e. The Morgan fingerprint density at radius 2 is 1.61 bits per heavy atom. The van der Waals surface area contributed by atoms with Crippen LogP contribution < -0.4 is 0 Å². The molecule has 7 nitrogen and oxygen atoms in total. The first-order chi connectivity index (χ1) is 17.0. The zero-order valence-corrected chi connectivity index (χ0v) is 21.5. The third-order valence-corrected chi connectivity index (χ3v) is 8.24. The van der Waals surface area contributed by atoms with Gasteiger partial charge in [-0.25, -0.2) is 0 Å². The van der Waals surface area contributed by atoms with E-state index in [9.17, 15) is 19.2 Å². The van der Waals surface area contributed by atoms with Gasteiger partial charge in [-0.15, -0.1) is 0 Å². The molecule has 36 heavy (non-hydrogen) atoms. The van der Waals surface area contributed by atoms with Crippen LogP contribution >= 0.6 is 0 Å². The van der Waals surface area contributed by atoms with Crippen molar-refractivity contribution in [2.24, 2.45) is 11.8 Å². The van der Waals surface area contributed by atoms with Crippen molar-refractivity contribution in [3.05, 3.63) is 71.3 Å². The summed E-state index contributed by atoms with van der Waals surface area (Å²) < 4.78 is 0. The molecule has 3 fully saturated rings. The minimum Gasteiger partial charge on any atom is -0.339 e. The molecule has 0 radical (unpaired) electrons. The Kier molecular flexibility index (Phi) is 5.58. The number of carbonyl (C=O) groups excluding carboxylic acids is 4. The van der Waals surface area contributed by atoms with E-state index in [1.807, 2.05) is 49.4 Å².